The fraction of sp³-hybridized carbons (Fsp3) is 0.400. The van der Waals surface area contributed by atoms with Gasteiger partial charge in [0, 0.05) is 13.1 Å². The van der Waals surface area contributed by atoms with Gasteiger partial charge < -0.3 is 0 Å². The molecule has 0 saturated carbocycles. The van der Waals surface area contributed by atoms with Crippen molar-refractivity contribution in [2.45, 2.75) is 32.6 Å². The zero-order valence-corrected chi connectivity index (χ0v) is 12.8. The molecule has 0 amide bonds. The molecule has 2 nitrogen and oxygen atoms in total. The Bertz CT molecular complexity index is 592. The summed E-state index contributed by atoms with van der Waals surface area (Å²) in [5.74, 6) is -0.331. The number of alkyl halides is 3. The summed E-state index contributed by atoms with van der Waals surface area (Å²) >= 11 is 0.886. The van der Waals surface area contributed by atoms with Crippen LogP contribution in [0.3, 0.4) is 0 Å². The van der Waals surface area contributed by atoms with Crippen LogP contribution in [-0.2, 0) is 19.3 Å². The van der Waals surface area contributed by atoms with Crippen LogP contribution < -0.4 is 0 Å². The van der Waals surface area contributed by atoms with Crippen molar-refractivity contribution in [3.05, 3.63) is 51.7 Å². The first-order chi connectivity index (χ1) is 10.4. The summed E-state index contributed by atoms with van der Waals surface area (Å²) in [6, 6.07) is 5.98. The summed E-state index contributed by atoms with van der Waals surface area (Å²) in [7, 11) is 0. The van der Waals surface area contributed by atoms with Gasteiger partial charge in [0.2, 0.25) is 0 Å². The number of nitrogens with zero attached hydrogens (tertiary/aromatic N) is 2. The molecule has 0 bridgehead atoms. The van der Waals surface area contributed by atoms with Crippen molar-refractivity contribution in [3.8, 4) is 0 Å². The maximum absolute atomic E-state index is 12.9. The van der Waals surface area contributed by atoms with Gasteiger partial charge in [-0.05, 0) is 30.7 Å². The SMILES string of the molecule is CCCN(Cc1ccc(F)cc1)Cc1s[c]nc1C(F)(F)F. The van der Waals surface area contributed by atoms with E-state index in [4.69, 9.17) is 0 Å². The zero-order chi connectivity index (χ0) is 16.2. The third-order valence-electron chi connectivity index (χ3n) is 3.09. The third-order valence-corrected chi connectivity index (χ3v) is 3.84. The molecular formula is C15H15F4N2S. The molecular weight excluding hydrogens is 316 g/mol. The number of hydrogen-bond acceptors (Lipinski definition) is 3. The van der Waals surface area contributed by atoms with Gasteiger partial charge in [0.25, 0.3) is 0 Å². The van der Waals surface area contributed by atoms with Crippen LogP contribution >= 0.6 is 11.3 Å². The van der Waals surface area contributed by atoms with Gasteiger partial charge in [0.15, 0.2) is 11.2 Å². The van der Waals surface area contributed by atoms with Gasteiger partial charge >= 0.3 is 6.18 Å². The average molecular weight is 331 g/mol. The Labute approximate surface area is 130 Å². The van der Waals surface area contributed by atoms with Crippen molar-refractivity contribution in [1.82, 2.24) is 9.88 Å². The summed E-state index contributed by atoms with van der Waals surface area (Å²) in [6.07, 6.45) is -3.65. The second-order valence-electron chi connectivity index (χ2n) is 4.91. The van der Waals surface area contributed by atoms with E-state index in [-0.39, 0.29) is 17.2 Å². The molecule has 1 aromatic carbocycles. The Kier molecular flexibility index (Phi) is 5.52. The first kappa shape index (κ1) is 16.9. The minimum atomic E-state index is -4.46. The van der Waals surface area contributed by atoms with Gasteiger partial charge in [0.1, 0.15) is 5.82 Å². The van der Waals surface area contributed by atoms with Crippen LogP contribution in [0, 0.1) is 11.3 Å². The molecule has 0 fully saturated rings. The molecule has 0 aliphatic carbocycles. The second kappa shape index (κ2) is 7.19. The van der Waals surface area contributed by atoms with Crippen LogP contribution in [0.5, 0.6) is 0 Å². The summed E-state index contributed by atoms with van der Waals surface area (Å²) in [5.41, 5.74) is 2.31. The van der Waals surface area contributed by atoms with Crippen LogP contribution in [0.25, 0.3) is 0 Å². The van der Waals surface area contributed by atoms with Gasteiger partial charge in [0.05, 0.1) is 4.88 Å². The van der Waals surface area contributed by atoms with Gasteiger partial charge in [-0.3, -0.25) is 4.90 Å². The van der Waals surface area contributed by atoms with Crippen molar-refractivity contribution in [2.75, 3.05) is 6.54 Å². The largest absolute Gasteiger partial charge is 0.434 e. The average Bonchev–Trinajstić information content (AvgIpc) is 2.90. The fourth-order valence-corrected chi connectivity index (χ4v) is 2.90. The molecule has 2 aromatic rings. The Morgan fingerprint density at radius 2 is 1.86 bits per heavy atom. The maximum atomic E-state index is 12.9. The third kappa shape index (κ3) is 4.51. The number of aromatic nitrogens is 1. The van der Waals surface area contributed by atoms with E-state index in [9.17, 15) is 17.6 Å². The molecule has 0 atom stereocenters. The summed E-state index contributed by atoms with van der Waals surface area (Å²) < 4.78 is 51.5. The molecule has 0 N–H and O–H groups in total. The summed E-state index contributed by atoms with van der Waals surface area (Å²) in [4.78, 5) is 5.36. The topological polar surface area (TPSA) is 16.1 Å². The van der Waals surface area contributed by atoms with Gasteiger partial charge in [-0.15, -0.1) is 11.3 Å². The molecule has 0 saturated heterocycles. The van der Waals surface area contributed by atoms with Crippen molar-refractivity contribution < 1.29 is 17.6 Å². The molecule has 22 heavy (non-hydrogen) atoms. The monoisotopic (exact) mass is 331 g/mol. The van der Waals surface area contributed by atoms with Crippen molar-refractivity contribution in [2.24, 2.45) is 0 Å². The minimum Gasteiger partial charge on any atom is -0.294 e. The van der Waals surface area contributed by atoms with E-state index in [0.717, 1.165) is 23.3 Å². The van der Waals surface area contributed by atoms with E-state index in [1.165, 1.54) is 12.1 Å². The normalized spacial score (nSPS) is 12.1. The molecule has 0 unspecified atom stereocenters. The van der Waals surface area contributed by atoms with E-state index in [1.54, 1.807) is 12.1 Å². The number of rotatable bonds is 6. The summed E-state index contributed by atoms with van der Waals surface area (Å²) in [6.45, 7) is 3.22. The minimum absolute atomic E-state index is 0.154. The lowest BCUT2D eigenvalue weighted by Gasteiger charge is -2.21. The van der Waals surface area contributed by atoms with Crippen LogP contribution in [-0.4, -0.2) is 16.4 Å². The van der Waals surface area contributed by atoms with E-state index in [0.29, 0.717) is 13.1 Å². The molecule has 7 heteroatoms. The van der Waals surface area contributed by atoms with Gasteiger partial charge in [-0.25, -0.2) is 9.37 Å². The highest BCUT2D eigenvalue weighted by Gasteiger charge is 2.36. The Balaban J connectivity index is 2.12. The first-order valence-electron chi connectivity index (χ1n) is 6.80. The molecule has 1 aromatic heterocycles. The Morgan fingerprint density at radius 3 is 2.45 bits per heavy atom. The number of thiazole rings is 1. The molecule has 0 spiro atoms. The quantitative estimate of drug-likeness (QED) is 0.724. The Hall–Kier alpha value is -1.47. The summed E-state index contributed by atoms with van der Waals surface area (Å²) in [5, 5.41) is 0. The predicted octanol–water partition coefficient (Wildman–Crippen LogP) is 4.51. The molecule has 1 radical (unpaired) electrons. The van der Waals surface area contributed by atoms with Gasteiger partial charge in [-0.2, -0.15) is 13.2 Å². The molecule has 1 heterocycles. The number of benzene rings is 1. The number of halogens is 4. The van der Waals surface area contributed by atoms with E-state index < -0.39 is 11.9 Å². The van der Waals surface area contributed by atoms with Crippen molar-refractivity contribution >= 4 is 11.3 Å². The van der Waals surface area contributed by atoms with Crippen LogP contribution in [0.4, 0.5) is 17.6 Å². The molecule has 119 valence electrons. The lowest BCUT2D eigenvalue weighted by molar-refractivity contribution is -0.141. The standard InChI is InChI=1S/C15H15F4N2S/c1-2-7-21(8-11-3-5-12(16)6-4-11)9-13-14(15(17,18)19)20-10-22-13/h3-6H,2,7-9H2,1H3. The first-order valence-corrected chi connectivity index (χ1v) is 7.61. The van der Waals surface area contributed by atoms with E-state index >= 15 is 0 Å². The second-order valence-corrected chi connectivity index (χ2v) is 5.79. The van der Waals surface area contributed by atoms with E-state index in [1.807, 2.05) is 11.8 Å². The Morgan fingerprint density at radius 1 is 1.18 bits per heavy atom. The highest BCUT2D eigenvalue weighted by Crippen LogP contribution is 2.33. The highest BCUT2D eigenvalue weighted by atomic mass is 32.1. The van der Waals surface area contributed by atoms with Crippen LogP contribution in [0.2, 0.25) is 0 Å². The molecule has 2 rings (SSSR count). The van der Waals surface area contributed by atoms with Crippen LogP contribution in [0.1, 0.15) is 29.5 Å². The van der Waals surface area contributed by atoms with E-state index in [2.05, 4.69) is 10.5 Å². The molecule has 0 aliphatic heterocycles. The lowest BCUT2D eigenvalue weighted by Crippen LogP contribution is -2.24. The fourth-order valence-electron chi connectivity index (χ4n) is 2.14. The van der Waals surface area contributed by atoms with Crippen molar-refractivity contribution in [3.63, 3.8) is 0 Å². The molecule has 0 aliphatic rings. The number of hydrogen-bond donors (Lipinski definition) is 0. The smallest absolute Gasteiger partial charge is 0.294 e. The predicted molar refractivity (Wildman–Crippen MR) is 76.8 cm³/mol. The van der Waals surface area contributed by atoms with Crippen LogP contribution in [0.15, 0.2) is 24.3 Å². The highest BCUT2D eigenvalue weighted by molar-refractivity contribution is 7.09. The van der Waals surface area contributed by atoms with Crippen molar-refractivity contribution in [1.29, 1.82) is 0 Å². The zero-order valence-electron chi connectivity index (χ0n) is 12.0. The lowest BCUT2D eigenvalue weighted by atomic mass is 10.2. The maximum Gasteiger partial charge on any atom is 0.434 e. The van der Waals surface area contributed by atoms with Gasteiger partial charge in [-0.1, -0.05) is 19.1 Å².